The van der Waals surface area contributed by atoms with Crippen molar-refractivity contribution in [3.63, 3.8) is 0 Å². The van der Waals surface area contributed by atoms with Crippen LogP contribution >= 0.6 is 0 Å². The molecular weight excluding hydrogens is 336 g/mol. The zero-order valence-corrected chi connectivity index (χ0v) is 15.3. The van der Waals surface area contributed by atoms with Crippen molar-refractivity contribution < 1.29 is 19.2 Å². The molecule has 2 heterocycles. The number of nitrogens with one attached hydrogen (secondary N) is 1. The third-order valence-corrected chi connectivity index (χ3v) is 4.76. The molecule has 1 saturated carbocycles. The van der Waals surface area contributed by atoms with E-state index in [2.05, 4.69) is 22.5 Å². The smallest absolute Gasteiger partial charge is 0.269 e. The van der Waals surface area contributed by atoms with Crippen LogP contribution in [0, 0.1) is 0 Å². The molecule has 1 fully saturated rings. The van der Waals surface area contributed by atoms with Gasteiger partial charge in [-0.1, -0.05) is 18.5 Å². The van der Waals surface area contributed by atoms with Gasteiger partial charge in [0.25, 0.3) is 5.91 Å². The molecule has 26 heavy (non-hydrogen) atoms. The molecular formula is C18H26N4O4. The lowest BCUT2D eigenvalue weighted by molar-refractivity contribution is 0.0907. The monoisotopic (exact) mass is 362 g/mol. The van der Waals surface area contributed by atoms with Crippen LogP contribution in [-0.2, 0) is 26.7 Å². The summed E-state index contributed by atoms with van der Waals surface area (Å²) >= 11 is 0. The lowest BCUT2D eigenvalue weighted by atomic mass is 9.93. The second-order valence-corrected chi connectivity index (χ2v) is 6.67. The molecule has 142 valence electrons. The minimum Gasteiger partial charge on any atom is -0.472 e. The van der Waals surface area contributed by atoms with Crippen LogP contribution in [0.2, 0.25) is 0 Å². The molecule has 0 unspecified atom stereocenters. The van der Waals surface area contributed by atoms with E-state index in [9.17, 15) is 9.90 Å². The Morgan fingerprint density at radius 1 is 1.50 bits per heavy atom. The summed E-state index contributed by atoms with van der Waals surface area (Å²) in [5.41, 5.74) is 2.02. The number of hydrogen-bond donors (Lipinski definition) is 2. The number of hydrogen-bond acceptors (Lipinski definition) is 6. The molecule has 0 aliphatic heterocycles. The molecule has 0 radical (unpaired) electrons. The van der Waals surface area contributed by atoms with Crippen molar-refractivity contribution in [3.05, 3.63) is 28.8 Å². The number of aryl methyl sites for hydroxylation is 2. The van der Waals surface area contributed by atoms with Gasteiger partial charge in [0.15, 0.2) is 5.76 Å². The summed E-state index contributed by atoms with van der Waals surface area (Å²) in [5, 5.41) is 20.7. The highest BCUT2D eigenvalue weighted by atomic mass is 16.5. The minimum atomic E-state index is -0.227. The molecule has 2 aromatic heterocycles. The second-order valence-electron chi connectivity index (χ2n) is 6.67. The van der Waals surface area contributed by atoms with Crippen LogP contribution in [0.1, 0.15) is 66.5 Å². The highest BCUT2D eigenvalue weighted by Crippen LogP contribution is 2.21. The maximum atomic E-state index is 12.3. The highest BCUT2D eigenvalue weighted by molar-refractivity contribution is 5.93. The first-order chi connectivity index (χ1) is 12.6. The third-order valence-electron chi connectivity index (χ3n) is 4.76. The molecule has 3 rings (SSSR count). The summed E-state index contributed by atoms with van der Waals surface area (Å²) < 4.78 is 12.5. The average Bonchev–Trinajstić information content (AvgIpc) is 3.16. The Kier molecular flexibility index (Phi) is 5.92. The van der Waals surface area contributed by atoms with E-state index < -0.39 is 0 Å². The van der Waals surface area contributed by atoms with Gasteiger partial charge >= 0.3 is 0 Å². The van der Waals surface area contributed by atoms with E-state index in [0.29, 0.717) is 17.3 Å². The topological polar surface area (TPSA) is 102 Å². The van der Waals surface area contributed by atoms with Gasteiger partial charge in [-0.2, -0.15) is 0 Å². The van der Waals surface area contributed by atoms with Crippen molar-refractivity contribution in [2.24, 2.45) is 7.05 Å². The largest absolute Gasteiger partial charge is 0.472 e. The third kappa shape index (κ3) is 4.07. The van der Waals surface area contributed by atoms with Crippen LogP contribution in [0.15, 0.2) is 10.6 Å². The number of ether oxygens (including phenoxy) is 1. The van der Waals surface area contributed by atoms with Gasteiger partial charge in [-0.25, -0.2) is 0 Å². The predicted octanol–water partition coefficient (Wildman–Crippen LogP) is 2.10. The minimum absolute atomic E-state index is 0.135. The first-order valence-corrected chi connectivity index (χ1v) is 9.17. The van der Waals surface area contributed by atoms with E-state index in [0.717, 1.165) is 49.8 Å². The lowest BCUT2D eigenvalue weighted by Crippen LogP contribution is -2.40. The van der Waals surface area contributed by atoms with E-state index in [-0.39, 0.29) is 25.2 Å². The zero-order valence-electron chi connectivity index (χ0n) is 15.3. The normalized spacial score (nSPS) is 14.3. The molecule has 0 saturated heterocycles. The summed E-state index contributed by atoms with van der Waals surface area (Å²) in [5.74, 6) is 0.636. The van der Waals surface area contributed by atoms with Gasteiger partial charge < -0.3 is 19.7 Å². The number of carbonyl (C=O) groups excluding carboxylic acids is 1. The maximum absolute atomic E-state index is 12.3. The Balaban J connectivity index is 1.65. The number of amides is 1. The van der Waals surface area contributed by atoms with Crippen molar-refractivity contribution in [1.82, 2.24) is 20.3 Å². The lowest BCUT2D eigenvalue weighted by Gasteiger charge is -2.26. The fraction of sp³-hybridized carbons (Fsp3) is 0.611. The molecule has 0 bridgehead atoms. The van der Waals surface area contributed by atoms with E-state index in [4.69, 9.17) is 9.26 Å². The predicted molar refractivity (Wildman–Crippen MR) is 93.7 cm³/mol. The summed E-state index contributed by atoms with van der Waals surface area (Å²) in [6.07, 6.45) is 6.03. The first kappa shape index (κ1) is 18.4. The Morgan fingerprint density at radius 3 is 2.96 bits per heavy atom. The van der Waals surface area contributed by atoms with Crippen molar-refractivity contribution in [1.29, 1.82) is 0 Å². The van der Waals surface area contributed by atoms with Crippen LogP contribution in [0.25, 0.3) is 0 Å². The molecule has 2 aromatic rings. The van der Waals surface area contributed by atoms with Gasteiger partial charge in [-0.05, 0) is 32.1 Å². The van der Waals surface area contributed by atoms with Crippen molar-refractivity contribution >= 4 is 5.91 Å². The average molecular weight is 362 g/mol. The molecule has 1 aliphatic rings. The second kappa shape index (κ2) is 8.35. The maximum Gasteiger partial charge on any atom is 0.269 e. The zero-order chi connectivity index (χ0) is 18.5. The number of aliphatic hydroxyl groups excluding tert-OH is 1. The number of rotatable bonds is 9. The summed E-state index contributed by atoms with van der Waals surface area (Å²) in [4.78, 5) is 12.3. The van der Waals surface area contributed by atoms with Gasteiger partial charge in [0.2, 0.25) is 5.88 Å². The van der Waals surface area contributed by atoms with Gasteiger partial charge in [0, 0.05) is 19.2 Å². The van der Waals surface area contributed by atoms with Crippen molar-refractivity contribution in [3.8, 4) is 5.88 Å². The van der Waals surface area contributed by atoms with E-state index >= 15 is 0 Å². The van der Waals surface area contributed by atoms with Crippen LogP contribution in [0.4, 0.5) is 0 Å². The number of nitrogens with zero attached hydrogens (tertiary/aromatic N) is 3. The fourth-order valence-corrected chi connectivity index (χ4v) is 2.89. The molecule has 1 aliphatic carbocycles. The van der Waals surface area contributed by atoms with Crippen LogP contribution in [-0.4, -0.2) is 32.0 Å². The Morgan fingerprint density at radius 2 is 2.31 bits per heavy atom. The quantitative estimate of drug-likeness (QED) is 0.708. The molecule has 2 N–H and O–H groups in total. The van der Waals surface area contributed by atoms with Crippen LogP contribution in [0.5, 0.6) is 5.88 Å². The summed E-state index contributed by atoms with van der Waals surface area (Å²) in [6, 6.07) is 1.90. The van der Waals surface area contributed by atoms with Crippen LogP contribution in [0.3, 0.4) is 0 Å². The Hall–Kier alpha value is -2.35. The summed E-state index contributed by atoms with van der Waals surface area (Å²) in [6.45, 7) is 2.07. The van der Waals surface area contributed by atoms with Crippen molar-refractivity contribution in [2.75, 3.05) is 0 Å². The highest BCUT2D eigenvalue weighted by Gasteiger charge is 2.23. The van der Waals surface area contributed by atoms with E-state index in [1.165, 1.54) is 4.68 Å². The standard InChI is InChI=1S/C18H26N4O4/c1-3-4-8-14-13(16(10-23)26-21-14)11-25-17-9-15(22(2)20-17)18(24)19-12-6-5-7-12/h9,12,23H,3-8,10-11H2,1-2H3,(H,19,24). The van der Waals surface area contributed by atoms with Gasteiger partial charge in [0.05, 0.1) is 11.3 Å². The van der Waals surface area contributed by atoms with E-state index in [1.807, 2.05) is 0 Å². The molecule has 1 amide bonds. The van der Waals surface area contributed by atoms with Gasteiger partial charge in [-0.3, -0.25) is 9.48 Å². The fourth-order valence-electron chi connectivity index (χ4n) is 2.89. The number of carbonyl (C=O) groups is 1. The number of aromatic nitrogens is 3. The molecule has 0 aromatic carbocycles. The first-order valence-electron chi connectivity index (χ1n) is 9.17. The number of unbranched alkanes of at least 4 members (excludes halogenated alkanes) is 1. The SMILES string of the molecule is CCCCc1noc(CO)c1COc1cc(C(=O)NC2CCC2)n(C)n1. The molecule has 0 atom stereocenters. The van der Waals surface area contributed by atoms with E-state index in [1.54, 1.807) is 13.1 Å². The van der Waals surface area contributed by atoms with Gasteiger partial charge in [0.1, 0.15) is 18.9 Å². The van der Waals surface area contributed by atoms with Gasteiger partial charge in [-0.15, -0.1) is 5.10 Å². The Labute approximate surface area is 152 Å². The Bertz CT molecular complexity index is 748. The summed E-state index contributed by atoms with van der Waals surface area (Å²) in [7, 11) is 1.72. The number of aliphatic hydroxyl groups is 1. The molecule has 0 spiro atoms. The molecule has 8 nitrogen and oxygen atoms in total. The van der Waals surface area contributed by atoms with Crippen molar-refractivity contribution in [2.45, 2.75) is 64.7 Å². The molecule has 8 heteroatoms. The van der Waals surface area contributed by atoms with Crippen LogP contribution < -0.4 is 10.1 Å².